The molecule has 0 spiro atoms. The van der Waals surface area contributed by atoms with Crippen LogP contribution in [-0.2, 0) is 6.54 Å². The Bertz CT molecular complexity index is 379. The van der Waals surface area contributed by atoms with Crippen molar-refractivity contribution in [2.75, 3.05) is 49.5 Å². The van der Waals surface area contributed by atoms with Crippen LogP contribution in [0.15, 0.2) is 4.42 Å². The van der Waals surface area contributed by atoms with E-state index in [1.54, 1.807) is 0 Å². The standard InChI is InChI=1S/C13H25N5OS/c1-11(2)9-14-10-12-16-17-13(19-12)15-3-4-18-5-7-20-8-6-18/h11,14H,3-10H2,1-2H3,(H,15,17). The third-order valence-corrected chi connectivity index (χ3v) is 4.05. The van der Waals surface area contributed by atoms with Crippen LogP contribution in [0.25, 0.3) is 0 Å². The third-order valence-electron chi connectivity index (χ3n) is 3.10. The van der Waals surface area contributed by atoms with Crippen molar-refractivity contribution in [2.45, 2.75) is 20.4 Å². The van der Waals surface area contributed by atoms with Gasteiger partial charge in [-0.05, 0) is 12.5 Å². The number of hydrogen-bond donors (Lipinski definition) is 2. The van der Waals surface area contributed by atoms with Crippen LogP contribution in [0, 0.1) is 5.92 Å². The lowest BCUT2D eigenvalue weighted by molar-refractivity contribution is 0.313. The molecule has 0 aromatic carbocycles. The number of hydrogen-bond acceptors (Lipinski definition) is 7. The summed E-state index contributed by atoms with van der Waals surface area (Å²) in [5.41, 5.74) is 0. The normalized spacial score (nSPS) is 16.8. The fourth-order valence-corrected chi connectivity index (χ4v) is 2.99. The van der Waals surface area contributed by atoms with Crippen LogP contribution in [0.4, 0.5) is 6.01 Å². The molecule has 6 nitrogen and oxygen atoms in total. The number of aromatic nitrogens is 2. The Balaban J connectivity index is 1.62. The van der Waals surface area contributed by atoms with E-state index in [2.05, 4.69) is 39.6 Å². The van der Waals surface area contributed by atoms with Gasteiger partial charge in [0.05, 0.1) is 6.54 Å². The second kappa shape index (κ2) is 8.49. The van der Waals surface area contributed by atoms with E-state index in [9.17, 15) is 0 Å². The maximum Gasteiger partial charge on any atom is 0.315 e. The van der Waals surface area contributed by atoms with Crippen molar-refractivity contribution in [1.82, 2.24) is 20.4 Å². The summed E-state index contributed by atoms with van der Waals surface area (Å²) >= 11 is 2.03. The van der Waals surface area contributed by atoms with Gasteiger partial charge in [0, 0.05) is 37.7 Å². The molecule has 2 heterocycles. The minimum atomic E-state index is 0.526. The van der Waals surface area contributed by atoms with E-state index in [0.29, 0.717) is 24.4 Å². The minimum Gasteiger partial charge on any atom is -0.407 e. The molecule has 0 radical (unpaired) electrons. The molecule has 20 heavy (non-hydrogen) atoms. The number of nitrogens with zero attached hydrogens (tertiary/aromatic N) is 3. The summed E-state index contributed by atoms with van der Waals surface area (Å²) in [4.78, 5) is 2.46. The Kier molecular flexibility index (Phi) is 6.62. The Labute approximate surface area is 125 Å². The van der Waals surface area contributed by atoms with Gasteiger partial charge in [0.15, 0.2) is 0 Å². The van der Waals surface area contributed by atoms with Crippen molar-refractivity contribution >= 4 is 17.8 Å². The SMILES string of the molecule is CC(C)CNCc1nnc(NCCN2CCSCC2)o1. The topological polar surface area (TPSA) is 66.2 Å². The summed E-state index contributed by atoms with van der Waals surface area (Å²) in [5, 5.41) is 14.5. The molecule has 1 fully saturated rings. The van der Waals surface area contributed by atoms with Crippen LogP contribution in [-0.4, -0.2) is 59.3 Å². The average molecular weight is 299 g/mol. The second-order valence-electron chi connectivity index (χ2n) is 5.41. The van der Waals surface area contributed by atoms with Gasteiger partial charge in [-0.25, -0.2) is 0 Å². The smallest absolute Gasteiger partial charge is 0.315 e. The van der Waals surface area contributed by atoms with Crippen LogP contribution in [0.3, 0.4) is 0 Å². The summed E-state index contributed by atoms with van der Waals surface area (Å²) < 4.78 is 5.54. The van der Waals surface area contributed by atoms with Crippen molar-refractivity contribution < 1.29 is 4.42 Å². The van der Waals surface area contributed by atoms with Crippen LogP contribution in [0.1, 0.15) is 19.7 Å². The molecule has 1 saturated heterocycles. The van der Waals surface area contributed by atoms with E-state index in [-0.39, 0.29) is 0 Å². The first-order chi connectivity index (χ1) is 9.74. The average Bonchev–Trinajstić information content (AvgIpc) is 2.87. The van der Waals surface area contributed by atoms with Gasteiger partial charge >= 0.3 is 6.01 Å². The van der Waals surface area contributed by atoms with Crippen molar-refractivity contribution in [3.8, 4) is 0 Å². The zero-order valence-corrected chi connectivity index (χ0v) is 13.2. The highest BCUT2D eigenvalue weighted by molar-refractivity contribution is 7.99. The molecule has 114 valence electrons. The van der Waals surface area contributed by atoms with Crippen molar-refractivity contribution in [2.24, 2.45) is 5.92 Å². The lowest BCUT2D eigenvalue weighted by atomic mass is 10.2. The second-order valence-corrected chi connectivity index (χ2v) is 6.63. The fraction of sp³-hybridized carbons (Fsp3) is 0.846. The van der Waals surface area contributed by atoms with E-state index in [0.717, 1.165) is 19.6 Å². The number of nitrogens with one attached hydrogen (secondary N) is 2. The molecular formula is C13H25N5OS. The van der Waals surface area contributed by atoms with Crippen molar-refractivity contribution in [1.29, 1.82) is 0 Å². The van der Waals surface area contributed by atoms with Crippen LogP contribution in [0.5, 0.6) is 0 Å². The first-order valence-corrected chi connectivity index (χ1v) is 8.46. The molecule has 2 N–H and O–H groups in total. The predicted octanol–water partition coefficient (Wildman–Crippen LogP) is 1.28. The van der Waals surface area contributed by atoms with Gasteiger partial charge in [-0.1, -0.05) is 18.9 Å². The monoisotopic (exact) mass is 299 g/mol. The molecule has 0 amide bonds. The summed E-state index contributed by atoms with van der Waals surface area (Å²) in [6, 6.07) is 0.526. The van der Waals surface area contributed by atoms with Gasteiger partial charge in [0.1, 0.15) is 0 Å². The summed E-state index contributed by atoms with van der Waals surface area (Å²) in [7, 11) is 0. The molecule has 1 aromatic heterocycles. The molecule has 1 aromatic rings. The van der Waals surface area contributed by atoms with Crippen molar-refractivity contribution in [3.05, 3.63) is 5.89 Å². The summed E-state index contributed by atoms with van der Waals surface area (Å²) in [5.74, 6) is 3.75. The molecule has 7 heteroatoms. The minimum absolute atomic E-state index is 0.526. The predicted molar refractivity (Wildman–Crippen MR) is 83.1 cm³/mol. The molecule has 2 rings (SSSR count). The Morgan fingerprint density at radius 2 is 2.10 bits per heavy atom. The van der Waals surface area contributed by atoms with Crippen LogP contribution in [0.2, 0.25) is 0 Å². The van der Waals surface area contributed by atoms with E-state index < -0.39 is 0 Å². The quantitative estimate of drug-likeness (QED) is 0.749. The zero-order chi connectivity index (χ0) is 14.2. The first-order valence-electron chi connectivity index (χ1n) is 7.31. The zero-order valence-electron chi connectivity index (χ0n) is 12.4. The first kappa shape index (κ1) is 15.6. The van der Waals surface area contributed by atoms with Gasteiger partial charge in [-0.15, -0.1) is 5.10 Å². The largest absolute Gasteiger partial charge is 0.407 e. The molecule has 1 aliphatic heterocycles. The van der Waals surface area contributed by atoms with E-state index in [1.165, 1.54) is 24.6 Å². The lowest BCUT2D eigenvalue weighted by Gasteiger charge is -2.25. The lowest BCUT2D eigenvalue weighted by Crippen LogP contribution is -2.36. The highest BCUT2D eigenvalue weighted by Gasteiger charge is 2.10. The number of rotatable bonds is 8. The van der Waals surface area contributed by atoms with Crippen molar-refractivity contribution in [3.63, 3.8) is 0 Å². The molecule has 0 aliphatic carbocycles. The van der Waals surface area contributed by atoms with Gasteiger partial charge in [0.25, 0.3) is 0 Å². The van der Waals surface area contributed by atoms with Gasteiger partial charge in [-0.3, -0.25) is 4.90 Å². The highest BCUT2D eigenvalue weighted by atomic mass is 32.2. The maximum absolute atomic E-state index is 5.54. The van der Waals surface area contributed by atoms with Crippen LogP contribution >= 0.6 is 11.8 Å². The van der Waals surface area contributed by atoms with E-state index in [1.807, 2.05) is 11.8 Å². The summed E-state index contributed by atoms with van der Waals surface area (Å²) in [6.45, 7) is 10.2. The highest BCUT2D eigenvalue weighted by Crippen LogP contribution is 2.09. The summed E-state index contributed by atoms with van der Waals surface area (Å²) in [6.07, 6.45) is 0. The molecular weight excluding hydrogens is 274 g/mol. The van der Waals surface area contributed by atoms with Crippen LogP contribution < -0.4 is 10.6 Å². The maximum atomic E-state index is 5.54. The number of thioether (sulfide) groups is 1. The van der Waals surface area contributed by atoms with E-state index >= 15 is 0 Å². The number of anilines is 1. The molecule has 0 bridgehead atoms. The Hall–Kier alpha value is -0.790. The Morgan fingerprint density at radius 3 is 2.85 bits per heavy atom. The van der Waals surface area contributed by atoms with E-state index in [4.69, 9.17) is 4.42 Å². The third kappa shape index (κ3) is 5.68. The molecule has 1 aliphatic rings. The molecule has 0 saturated carbocycles. The van der Waals surface area contributed by atoms with Gasteiger partial charge < -0.3 is 15.1 Å². The van der Waals surface area contributed by atoms with Gasteiger partial charge in [0.2, 0.25) is 5.89 Å². The fourth-order valence-electron chi connectivity index (χ4n) is 2.01. The molecule has 0 atom stereocenters. The molecule has 0 unspecified atom stereocenters. The van der Waals surface area contributed by atoms with Gasteiger partial charge in [-0.2, -0.15) is 11.8 Å². The Morgan fingerprint density at radius 1 is 1.30 bits per heavy atom.